The Morgan fingerprint density at radius 1 is 1.23 bits per heavy atom. The number of H-pyrrole nitrogens is 1. The minimum absolute atomic E-state index is 0.159. The maximum Gasteiger partial charge on any atom is 0.330 e. The number of imide groups is 1. The van der Waals surface area contributed by atoms with Gasteiger partial charge in [0.05, 0.1) is 12.8 Å². The summed E-state index contributed by atoms with van der Waals surface area (Å²) in [4.78, 5) is 58.0. The van der Waals surface area contributed by atoms with E-state index in [9.17, 15) is 19.2 Å². The van der Waals surface area contributed by atoms with Gasteiger partial charge in [-0.2, -0.15) is 0 Å². The number of unbranched alkanes of at least 4 members (excludes halogenated alkanes) is 1. The Bertz CT molecular complexity index is 1250. The first kappa shape index (κ1) is 19.7. The van der Waals surface area contributed by atoms with E-state index < -0.39 is 28.7 Å². The van der Waals surface area contributed by atoms with E-state index in [0.717, 1.165) is 17.7 Å². The Kier molecular flexibility index (Phi) is 4.60. The number of aryl methyl sites for hydroxylation is 2. The van der Waals surface area contributed by atoms with Crippen molar-refractivity contribution in [1.82, 2.24) is 29.3 Å². The molecule has 3 aromatic heterocycles. The zero-order chi connectivity index (χ0) is 21.6. The van der Waals surface area contributed by atoms with Crippen LogP contribution in [0.25, 0.3) is 11.2 Å². The number of carbonyl (C=O) groups is 2. The average molecular weight is 414 g/mol. The Morgan fingerprint density at radius 3 is 2.67 bits per heavy atom. The second-order valence-corrected chi connectivity index (χ2v) is 7.45. The predicted molar refractivity (Wildman–Crippen MR) is 106 cm³/mol. The SMILES string of the molecule is CCCCn1c(=O)[nH]c(=O)c2c1nc(CN1C(=O)NC(C)(c3ccco3)C1=O)n2C. The molecule has 2 N–H and O–H groups in total. The van der Waals surface area contributed by atoms with Crippen LogP contribution in [-0.2, 0) is 30.5 Å². The quantitative estimate of drug-likeness (QED) is 0.573. The molecule has 11 heteroatoms. The molecule has 4 heterocycles. The number of aromatic amines is 1. The molecule has 0 bridgehead atoms. The molecule has 1 atom stereocenters. The lowest BCUT2D eigenvalue weighted by molar-refractivity contribution is -0.132. The molecule has 1 saturated heterocycles. The van der Waals surface area contributed by atoms with E-state index in [-0.39, 0.29) is 17.7 Å². The lowest BCUT2D eigenvalue weighted by Gasteiger charge is -2.18. The first-order valence-electron chi connectivity index (χ1n) is 9.64. The Balaban J connectivity index is 1.74. The molecule has 30 heavy (non-hydrogen) atoms. The third-order valence-corrected chi connectivity index (χ3v) is 5.43. The lowest BCUT2D eigenvalue weighted by Crippen LogP contribution is -2.40. The molecule has 1 unspecified atom stereocenters. The number of aromatic nitrogens is 4. The smallest absolute Gasteiger partial charge is 0.330 e. The summed E-state index contributed by atoms with van der Waals surface area (Å²) in [7, 11) is 1.61. The van der Waals surface area contributed by atoms with Crippen LogP contribution in [0.2, 0.25) is 0 Å². The van der Waals surface area contributed by atoms with Crippen molar-refractivity contribution in [2.45, 2.75) is 45.3 Å². The van der Waals surface area contributed by atoms with E-state index in [1.807, 2.05) is 6.92 Å². The molecule has 0 saturated carbocycles. The molecule has 0 radical (unpaired) electrons. The van der Waals surface area contributed by atoms with Gasteiger partial charge in [0.2, 0.25) is 0 Å². The van der Waals surface area contributed by atoms with E-state index >= 15 is 0 Å². The maximum atomic E-state index is 13.0. The van der Waals surface area contributed by atoms with E-state index in [1.54, 1.807) is 26.1 Å². The molecule has 1 aliphatic rings. The molecule has 0 aromatic carbocycles. The summed E-state index contributed by atoms with van der Waals surface area (Å²) in [6, 6.07) is 2.65. The zero-order valence-corrected chi connectivity index (χ0v) is 16.9. The van der Waals surface area contributed by atoms with Gasteiger partial charge in [0.15, 0.2) is 16.7 Å². The topological polar surface area (TPSA) is 135 Å². The second kappa shape index (κ2) is 7.01. The van der Waals surface area contributed by atoms with Crippen LogP contribution in [-0.4, -0.2) is 35.9 Å². The van der Waals surface area contributed by atoms with Crippen LogP contribution >= 0.6 is 0 Å². The summed E-state index contributed by atoms with van der Waals surface area (Å²) in [5.74, 6) is 0.128. The number of hydrogen-bond donors (Lipinski definition) is 2. The highest BCUT2D eigenvalue weighted by Crippen LogP contribution is 2.30. The van der Waals surface area contributed by atoms with Gasteiger partial charge in [-0.1, -0.05) is 13.3 Å². The number of amides is 3. The highest BCUT2D eigenvalue weighted by atomic mass is 16.3. The Hall–Kier alpha value is -3.63. The van der Waals surface area contributed by atoms with Gasteiger partial charge in [-0.3, -0.25) is 24.0 Å². The Morgan fingerprint density at radius 2 is 2.00 bits per heavy atom. The average Bonchev–Trinajstić information content (AvgIpc) is 3.38. The number of rotatable bonds is 6. The van der Waals surface area contributed by atoms with E-state index in [2.05, 4.69) is 15.3 Å². The van der Waals surface area contributed by atoms with Gasteiger partial charge < -0.3 is 14.3 Å². The van der Waals surface area contributed by atoms with Crippen LogP contribution < -0.4 is 16.6 Å². The highest BCUT2D eigenvalue weighted by molar-refractivity contribution is 6.06. The van der Waals surface area contributed by atoms with Crippen molar-refractivity contribution in [3.05, 3.63) is 50.8 Å². The predicted octanol–water partition coefficient (Wildman–Crippen LogP) is 0.784. The second-order valence-electron chi connectivity index (χ2n) is 7.45. The molecule has 4 rings (SSSR count). The summed E-state index contributed by atoms with van der Waals surface area (Å²) in [5, 5.41) is 2.65. The van der Waals surface area contributed by atoms with Gasteiger partial charge in [0.25, 0.3) is 11.5 Å². The highest BCUT2D eigenvalue weighted by Gasteiger charge is 2.51. The molecule has 1 aliphatic heterocycles. The van der Waals surface area contributed by atoms with Crippen LogP contribution in [0.4, 0.5) is 4.79 Å². The van der Waals surface area contributed by atoms with E-state index in [1.165, 1.54) is 15.4 Å². The molecular weight excluding hydrogens is 392 g/mol. The number of urea groups is 1. The zero-order valence-electron chi connectivity index (χ0n) is 16.9. The largest absolute Gasteiger partial charge is 0.466 e. The van der Waals surface area contributed by atoms with Gasteiger partial charge in [-0.15, -0.1) is 0 Å². The van der Waals surface area contributed by atoms with Gasteiger partial charge in [0, 0.05) is 13.6 Å². The summed E-state index contributed by atoms with van der Waals surface area (Å²) in [6.07, 6.45) is 3.03. The molecule has 3 amide bonds. The van der Waals surface area contributed by atoms with Crippen LogP contribution in [0, 0.1) is 0 Å². The van der Waals surface area contributed by atoms with Crippen molar-refractivity contribution in [1.29, 1.82) is 0 Å². The number of hydrogen-bond acceptors (Lipinski definition) is 6. The molecule has 0 spiro atoms. The van der Waals surface area contributed by atoms with Gasteiger partial charge in [0.1, 0.15) is 11.6 Å². The van der Waals surface area contributed by atoms with Crippen molar-refractivity contribution in [2.24, 2.45) is 7.05 Å². The first-order chi connectivity index (χ1) is 14.3. The van der Waals surface area contributed by atoms with Crippen molar-refractivity contribution in [3.63, 3.8) is 0 Å². The van der Waals surface area contributed by atoms with E-state index in [0.29, 0.717) is 18.1 Å². The minimum Gasteiger partial charge on any atom is -0.466 e. The van der Waals surface area contributed by atoms with Crippen molar-refractivity contribution in [2.75, 3.05) is 0 Å². The summed E-state index contributed by atoms with van der Waals surface area (Å²) >= 11 is 0. The fraction of sp³-hybridized carbons (Fsp3) is 0.421. The van der Waals surface area contributed by atoms with Gasteiger partial charge in [-0.05, 0) is 25.5 Å². The monoisotopic (exact) mass is 414 g/mol. The molecule has 3 aromatic rings. The summed E-state index contributed by atoms with van der Waals surface area (Å²) in [6.45, 7) is 3.80. The van der Waals surface area contributed by atoms with Gasteiger partial charge in [-0.25, -0.2) is 14.6 Å². The number of nitrogens with one attached hydrogen (secondary N) is 2. The number of furan rings is 1. The van der Waals surface area contributed by atoms with Crippen LogP contribution in [0.3, 0.4) is 0 Å². The maximum absolute atomic E-state index is 13.0. The fourth-order valence-electron chi connectivity index (χ4n) is 3.67. The third kappa shape index (κ3) is 2.85. The number of nitrogens with zero attached hydrogens (tertiary/aromatic N) is 4. The third-order valence-electron chi connectivity index (χ3n) is 5.43. The Labute approximate surface area is 170 Å². The first-order valence-corrected chi connectivity index (χ1v) is 9.64. The molecule has 158 valence electrons. The lowest BCUT2D eigenvalue weighted by atomic mass is 9.99. The summed E-state index contributed by atoms with van der Waals surface area (Å²) in [5.41, 5.74) is -1.99. The molecule has 1 fully saturated rings. The van der Waals surface area contributed by atoms with Crippen molar-refractivity contribution < 1.29 is 14.0 Å². The number of carbonyl (C=O) groups excluding carboxylic acids is 2. The molecular formula is C19H22N6O5. The standard InChI is InChI=1S/C19H22N6O5/c1-4-5-8-24-14-13(15(26)21-17(24)28)23(3)12(20-14)10-25-16(27)19(2,22-18(25)29)11-7-6-9-30-11/h6-7,9H,4-5,8,10H2,1-3H3,(H,22,29)(H,21,26,28). The summed E-state index contributed by atoms with van der Waals surface area (Å²) < 4.78 is 8.23. The number of fused-ring (bicyclic) bond motifs is 1. The van der Waals surface area contributed by atoms with Crippen molar-refractivity contribution >= 4 is 23.1 Å². The normalized spacial score (nSPS) is 19.1. The van der Waals surface area contributed by atoms with E-state index in [4.69, 9.17) is 4.42 Å². The van der Waals surface area contributed by atoms with Crippen molar-refractivity contribution in [3.8, 4) is 0 Å². The molecule has 11 nitrogen and oxygen atoms in total. The van der Waals surface area contributed by atoms with Crippen LogP contribution in [0.15, 0.2) is 32.4 Å². The van der Waals surface area contributed by atoms with Crippen LogP contribution in [0.1, 0.15) is 38.3 Å². The van der Waals surface area contributed by atoms with Gasteiger partial charge >= 0.3 is 11.7 Å². The van der Waals surface area contributed by atoms with Crippen LogP contribution in [0.5, 0.6) is 0 Å². The minimum atomic E-state index is -1.33. The molecule has 0 aliphatic carbocycles. The fourth-order valence-corrected chi connectivity index (χ4v) is 3.67. The number of imidazole rings is 1.